The van der Waals surface area contributed by atoms with Crippen molar-refractivity contribution in [2.24, 2.45) is 0 Å². The van der Waals surface area contributed by atoms with E-state index in [1.807, 2.05) is 61.5 Å². The van der Waals surface area contributed by atoms with Crippen LogP contribution in [0.15, 0.2) is 96.7 Å². The maximum atomic E-state index is 13.6. The van der Waals surface area contributed by atoms with E-state index in [1.54, 1.807) is 18.6 Å². The molecule has 5 aromatic rings. The van der Waals surface area contributed by atoms with Crippen molar-refractivity contribution in [2.45, 2.75) is 39.3 Å². The number of carbonyl (C=O) groups excluding carboxylic acids is 1. The molecule has 3 heterocycles. The number of nitrogens with one attached hydrogen (secondary N) is 2. The predicted octanol–water partition coefficient (Wildman–Crippen LogP) is 5.31. The molecule has 1 amide bonds. The Morgan fingerprint density at radius 3 is 2.67 bits per heavy atom. The molecule has 0 fully saturated rings. The number of aromatic nitrogens is 4. The highest BCUT2D eigenvalue weighted by Crippen LogP contribution is 2.22. The van der Waals surface area contributed by atoms with Gasteiger partial charge in [-0.15, -0.1) is 0 Å². The Kier molecular flexibility index (Phi) is 7.78. The van der Waals surface area contributed by atoms with E-state index in [-0.39, 0.29) is 18.0 Å². The van der Waals surface area contributed by atoms with Crippen molar-refractivity contribution < 1.29 is 4.79 Å². The van der Waals surface area contributed by atoms with E-state index >= 15 is 0 Å². The van der Waals surface area contributed by atoms with Crippen molar-refractivity contribution in [2.75, 3.05) is 0 Å². The van der Waals surface area contributed by atoms with E-state index in [0.717, 1.165) is 46.1 Å². The number of hydrogen-bond acceptors (Lipinski definition) is 4. The molecule has 0 saturated heterocycles. The molecule has 0 aliphatic heterocycles. The number of nitrogens with zero attached hydrogens (tertiary/aromatic N) is 3. The van der Waals surface area contributed by atoms with Crippen LogP contribution in [0.4, 0.5) is 0 Å². The Bertz CT molecular complexity index is 1650. The molecular formula is C32H31N5O2. The molecule has 5 rings (SSSR count). The molecule has 0 aliphatic carbocycles. The van der Waals surface area contributed by atoms with Crippen LogP contribution in [0.1, 0.15) is 35.9 Å². The number of carbonyl (C=O) groups is 1. The molecule has 2 aromatic carbocycles. The highest BCUT2D eigenvalue weighted by atomic mass is 16.2. The van der Waals surface area contributed by atoms with E-state index in [0.29, 0.717) is 24.4 Å². The summed E-state index contributed by atoms with van der Waals surface area (Å²) in [4.78, 5) is 38.7. The van der Waals surface area contributed by atoms with E-state index < -0.39 is 0 Å². The molecule has 7 heteroatoms. The zero-order valence-electron chi connectivity index (χ0n) is 22.0. The average molecular weight is 518 g/mol. The largest absolute Gasteiger partial charge is 0.357 e. The van der Waals surface area contributed by atoms with Crippen molar-refractivity contribution in [3.63, 3.8) is 0 Å². The van der Waals surface area contributed by atoms with Gasteiger partial charge in [0.15, 0.2) is 0 Å². The van der Waals surface area contributed by atoms with Crippen LogP contribution < -0.4 is 10.9 Å². The SMILES string of the molecule is C=C(C)c1cccc(-c2cnc(CCCc3ccccc3)c(=O)n2CC(=O)NCc2cc3cnccc3[nH]2)c1. The van der Waals surface area contributed by atoms with Crippen LogP contribution in [0.2, 0.25) is 0 Å². The number of pyridine rings is 1. The summed E-state index contributed by atoms with van der Waals surface area (Å²) >= 11 is 0. The first-order chi connectivity index (χ1) is 19.0. The van der Waals surface area contributed by atoms with Crippen molar-refractivity contribution in [3.8, 4) is 11.3 Å². The monoisotopic (exact) mass is 517 g/mol. The van der Waals surface area contributed by atoms with Gasteiger partial charge in [0.05, 0.1) is 18.4 Å². The van der Waals surface area contributed by atoms with Crippen LogP contribution in [-0.4, -0.2) is 25.4 Å². The number of amides is 1. The minimum absolute atomic E-state index is 0.110. The zero-order valence-corrected chi connectivity index (χ0v) is 22.0. The molecule has 0 bridgehead atoms. The summed E-state index contributed by atoms with van der Waals surface area (Å²) in [6, 6.07) is 21.8. The number of allylic oxidation sites excluding steroid dienone is 1. The summed E-state index contributed by atoms with van der Waals surface area (Å²) in [5, 5.41) is 3.92. The molecule has 0 saturated carbocycles. The third-order valence-corrected chi connectivity index (χ3v) is 6.75. The Balaban J connectivity index is 1.38. The zero-order chi connectivity index (χ0) is 27.2. The summed E-state index contributed by atoms with van der Waals surface area (Å²) in [6.07, 6.45) is 7.37. The first-order valence-electron chi connectivity index (χ1n) is 13.0. The van der Waals surface area contributed by atoms with Gasteiger partial charge >= 0.3 is 0 Å². The first-order valence-corrected chi connectivity index (χ1v) is 13.0. The Morgan fingerprint density at radius 2 is 1.87 bits per heavy atom. The maximum Gasteiger partial charge on any atom is 0.273 e. The smallest absolute Gasteiger partial charge is 0.273 e. The van der Waals surface area contributed by atoms with E-state index in [2.05, 4.69) is 39.0 Å². The summed E-state index contributed by atoms with van der Waals surface area (Å²) in [5.41, 5.74) is 6.56. The minimum atomic E-state index is -0.257. The average Bonchev–Trinajstić information content (AvgIpc) is 3.38. The minimum Gasteiger partial charge on any atom is -0.357 e. The van der Waals surface area contributed by atoms with Gasteiger partial charge in [-0.05, 0) is 55.5 Å². The van der Waals surface area contributed by atoms with Crippen LogP contribution in [-0.2, 0) is 30.7 Å². The van der Waals surface area contributed by atoms with Gasteiger partial charge in [0.2, 0.25) is 5.91 Å². The lowest BCUT2D eigenvalue weighted by Crippen LogP contribution is -2.34. The third-order valence-electron chi connectivity index (χ3n) is 6.75. The number of H-pyrrole nitrogens is 1. The second-order valence-electron chi connectivity index (χ2n) is 9.72. The maximum absolute atomic E-state index is 13.6. The highest BCUT2D eigenvalue weighted by molar-refractivity contribution is 5.80. The number of aromatic amines is 1. The van der Waals surface area contributed by atoms with Gasteiger partial charge in [-0.2, -0.15) is 0 Å². The number of benzene rings is 2. The standard InChI is InChI=1S/C32H31N5O2/c1-22(2)24-11-7-12-25(16-24)30-20-34-29(13-6-10-23-8-4-3-5-9-23)32(39)37(30)21-31(38)35-19-27-17-26-18-33-15-14-28(26)36-27/h3-5,7-9,11-12,14-18,20,36H,1,6,10,13,19,21H2,2H3,(H,35,38). The Morgan fingerprint density at radius 1 is 1.03 bits per heavy atom. The molecule has 0 atom stereocenters. The third kappa shape index (κ3) is 6.21. The molecule has 3 aromatic heterocycles. The lowest BCUT2D eigenvalue weighted by molar-refractivity contribution is -0.121. The number of hydrogen-bond donors (Lipinski definition) is 2. The summed E-state index contributed by atoms with van der Waals surface area (Å²) in [7, 11) is 0. The number of rotatable bonds is 10. The lowest BCUT2D eigenvalue weighted by atomic mass is 10.0. The molecule has 2 N–H and O–H groups in total. The second-order valence-corrected chi connectivity index (χ2v) is 9.72. The fourth-order valence-electron chi connectivity index (χ4n) is 4.66. The van der Waals surface area contributed by atoms with Crippen LogP contribution >= 0.6 is 0 Å². The van der Waals surface area contributed by atoms with Gasteiger partial charge in [-0.3, -0.25) is 24.1 Å². The van der Waals surface area contributed by atoms with E-state index in [1.165, 1.54) is 10.1 Å². The lowest BCUT2D eigenvalue weighted by Gasteiger charge is -2.15. The Hall–Kier alpha value is -4.78. The molecule has 7 nitrogen and oxygen atoms in total. The van der Waals surface area contributed by atoms with E-state index in [4.69, 9.17) is 0 Å². The topological polar surface area (TPSA) is 92.7 Å². The molecule has 0 unspecified atom stereocenters. The van der Waals surface area contributed by atoms with Gasteiger partial charge in [0.25, 0.3) is 5.56 Å². The highest BCUT2D eigenvalue weighted by Gasteiger charge is 2.16. The molecular weight excluding hydrogens is 486 g/mol. The normalized spacial score (nSPS) is 11.0. The van der Waals surface area contributed by atoms with Gasteiger partial charge < -0.3 is 10.3 Å². The van der Waals surface area contributed by atoms with E-state index in [9.17, 15) is 9.59 Å². The van der Waals surface area contributed by atoms with Crippen molar-refractivity contribution >= 4 is 22.4 Å². The number of fused-ring (bicyclic) bond motifs is 1. The molecule has 0 aliphatic rings. The van der Waals surface area contributed by atoms with Crippen LogP contribution in [0, 0.1) is 0 Å². The van der Waals surface area contributed by atoms with Gasteiger partial charge in [0.1, 0.15) is 12.2 Å². The van der Waals surface area contributed by atoms with Crippen molar-refractivity contribution in [1.82, 2.24) is 24.8 Å². The Labute approximate surface area is 227 Å². The van der Waals surface area contributed by atoms with Crippen LogP contribution in [0.5, 0.6) is 0 Å². The summed E-state index contributed by atoms with van der Waals surface area (Å²) in [6.45, 7) is 6.18. The predicted molar refractivity (Wildman–Crippen MR) is 155 cm³/mol. The van der Waals surface area contributed by atoms with Crippen molar-refractivity contribution in [1.29, 1.82) is 0 Å². The molecule has 39 heavy (non-hydrogen) atoms. The fraction of sp³-hybridized carbons (Fsp3) is 0.188. The fourth-order valence-corrected chi connectivity index (χ4v) is 4.66. The quantitative estimate of drug-likeness (QED) is 0.263. The number of aryl methyl sites for hydroxylation is 2. The molecule has 196 valence electrons. The van der Waals surface area contributed by atoms with Crippen LogP contribution in [0.25, 0.3) is 27.7 Å². The summed E-state index contributed by atoms with van der Waals surface area (Å²) < 4.78 is 1.53. The summed E-state index contributed by atoms with van der Waals surface area (Å²) in [5.74, 6) is -0.257. The molecule has 0 radical (unpaired) electrons. The second kappa shape index (κ2) is 11.7. The van der Waals surface area contributed by atoms with Gasteiger partial charge in [-0.25, -0.2) is 0 Å². The first kappa shape index (κ1) is 25.9. The van der Waals surface area contributed by atoms with Crippen LogP contribution in [0.3, 0.4) is 0 Å². The molecule has 0 spiro atoms. The van der Waals surface area contributed by atoms with Gasteiger partial charge in [0, 0.05) is 34.6 Å². The van der Waals surface area contributed by atoms with Gasteiger partial charge in [-0.1, -0.05) is 60.7 Å². The van der Waals surface area contributed by atoms with Crippen molar-refractivity contribution in [3.05, 3.63) is 125 Å².